The highest BCUT2D eigenvalue weighted by Gasteiger charge is 2.28. The van der Waals surface area contributed by atoms with E-state index in [1.54, 1.807) is 22.9 Å². The van der Waals surface area contributed by atoms with E-state index in [-0.39, 0.29) is 18.6 Å². The van der Waals surface area contributed by atoms with Gasteiger partial charge in [-0.05, 0) is 35.9 Å². The van der Waals surface area contributed by atoms with Crippen molar-refractivity contribution in [1.82, 2.24) is 4.57 Å². The van der Waals surface area contributed by atoms with Crippen LogP contribution in [0.25, 0.3) is 11.8 Å². The summed E-state index contributed by atoms with van der Waals surface area (Å²) in [6.45, 7) is 0.621. The Morgan fingerprint density at radius 2 is 2.12 bits per heavy atom. The van der Waals surface area contributed by atoms with Gasteiger partial charge in [0.1, 0.15) is 18.0 Å². The third-order valence-corrected chi connectivity index (χ3v) is 4.24. The van der Waals surface area contributed by atoms with E-state index < -0.39 is 17.9 Å². The van der Waals surface area contributed by atoms with E-state index in [4.69, 9.17) is 14.6 Å². The fourth-order valence-corrected chi connectivity index (χ4v) is 2.92. The molecule has 1 aliphatic carbocycles. The van der Waals surface area contributed by atoms with Crippen molar-refractivity contribution in [2.45, 2.75) is 12.5 Å². The van der Waals surface area contributed by atoms with Crippen LogP contribution in [0.15, 0.2) is 36.3 Å². The predicted octanol–water partition coefficient (Wildman–Crippen LogP) is 2.95. The molecule has 1 aliphatic rings. The molecule has 0 saturated heterocycles. The number of nitrogens with zero attached hydrogens (tertiary/aromatic N) is 2. The summed E-state index contributed by atoms with van der Waals surface area (Å²) in [5.41, 5.74) is 2.51. The summed E-state index contributed by atoms with van der Waals surface area (Å²) in [7, 11) is 1.54. The Labute approximate surface area is 149 Å². The van der Waals surface area contributed by atoms with E-state index in [1.165, 1.54) is 25.3 Å². The molecule has 1 atom stereocenters. The Hall–Kier alpha value is -2.95. The number of carboxylic acids is 1. The molecule has 0 saturated carbocycles. The van der Waals surface area contributed by atoms with Crippen LogP contribution in [0.1, 0.15) is 27.2 Å². The number of nitriles is 1. The second kappa shape index (κ2) is 7.52. The van der Waals surface area contributed by atoms with Crippen LogP contribution in [-0.2, 0) is 15.9 Å². The maximum atomic E-state index is 14.5. The number of methoxy groups -OCH3 is 1. The molecule has 0 bridgehead atoms. The SMILES string of the molecule is COCCOC1Cc2c(C#N)cn(-c3ccc(C(=O)O)cc3)c2C=C1F. The summed E-state index contributed by atoms with van der Waals surface area (Å²) in [5.74, 6) is -1.44. The van der Waals surface area contributed by atoms with E-state index in [0.717, 1.165) is 0 Å². The molecule has 134 valence electrons. The largest absolute Gasteiger partial charge is 0.478 e. The lowest BCUT2D eigenvalue weighted by Crippen LogP contribution is -2.23. The topological polar surface area (TPSA) is 84.5 Å². The van der Waals surface area contributed by atoms with Crippen LogP contribution in [0.5, 0.6) is 0 Å². The van der Waals surface area contributed by atoms with Crippen molar-refractivity contribution in [3.63, 3.8) is 0 Å². The zero-order valence-corrected chi connectivity index (χ0v) is 14.1. The first-order valence-electron chi connectivity index (χ1n) is 8.00. The lowest BCUT2D eigenvalue weighted by Gasteiger charge is -2.21. The number of hydrogen-bond acceptors (Lipinski definition) is 4. The molecule has 1 aromatic carbocycles. The summed E-state index contributed by atoms with van der Waals surface area (Å²) in [5, 5.41) is 18.4. The molecule has 0 fully saturated rings. The highest BCUT2D eigenvalue weighted by molar-refractivity contribution is 5.87. The van der Waals surface area contributed by atoms with E-state index in [1.807, 2.05) is 0 Å². The van der Waals surface area contributed by atoms with Crippen LogP contribution in [0, 0.1) is 11.3 Å². The standard InChI is InChI=1S/C19H17FN2O4/c1-25-6-7-26-18-8-15-13(10-21)11-22(17(15)9-16(18)20)14-4-2-12(3-5-14)19(23)24/h2-5,9,11,18H,6-8H2,1H3,(H,23,24). The van der Waals surface area contributed by atoms with E-state index >= 15 is 0 Å². The fourth-order valence-electron chi connectivity index (χ4n) is 2.92. The number of carbonyl (C=O) groups is 1. The molecular weight excluding hydrogens is 339 g/mol. The predicted molar refractivity (Wildman–Crippen MR) is 91.8 cm³/mol. The summed E-state index contributed by atoms with van der Waals surface area (Å²) in [6, 6.07) is 8.31. The van der Waals surface area contributed by atoms with Crippen molar-refractivity contribution in [3.05, 3.63) is 58.7 Å². The monoisotopic (exact) mass is 356 g/mol. The average molecular weight is 356 g/mol. The van der Waals surface area contributed by atoms with Crippen LogP contribution in [-0.4, -0.2) is 42.1 Å². The minimum Gasteiger partial charge on any atom is -0.478 e. The molecule has 1 N–H and O–H groups in total. The molecule has 7 heteroatoms. The molecule has 3 rings (SSSR count). The number of ether oxygens (including phenoxy) is 2. The summed E-state index contributed by atoms with van der Waals surface area (Å²) in [6.07, 6.45) is 2.50. The van der Waals surface area contributed by atoms with Crippen molar-refractivity contribution in [2.75, 3.05) is 20.3 Å². The van der Waals surface area contributed by atoms with Crippen molar-refractivity contribution >= 4 is 12.0 Å². The normalized spacial score (nSPS) is 15.9. The second-order valence-electron chi connectivity index (χ2n) is 5.83. The van der Waals surface area contributed by atoms with Gasteiger partial charge in [0.2, 0.25) is 0 Å². The lowest BCUT2D eigenvalue weighted by atomic mass is 9.97. The van der Waals surface area contributed by atoms with Gasteiger partial charge in [0, 0.05) is 25.4 Å². The Balaban J connectivity index is 1.96. The highest BCUT2D eigenvalue weighted by Crippen LogP contribution is 2.32. The van der Waals surface area contributed by atoms with Gasteiger partial charge in [0.05, 0.1) is 30.0 Å². The van der Waals surface area contributed by atoms with Crippen LogP contribution in [0.4, 0.5) is 4.39 Å². The van der Waals surface area contributed by atoms with E-state index in [2.05, 4.69) is 6.07 Å². The molecule has 1 aromatic heterocycles. The molecule has 1 unspecified atom stereocenters. The van der Waals surface area contributed by atoms with Gasteiger partial charge >= 0.3 is 5.97 Å². The van der Waals surface area contributed by atoms with Gasteiger partial charge in [0.15, 0.2) is 0 Å². The zero-order valence-electron chi connectivity index (χ0n) is 14.1. The van der Waals surface area contributed by atoms with Gasteiger partial charge in [-0.1, -0.05) is 0 Å². The van der Waals surface area contributed by atoms with E-state index in [0.29, 0.717) is 29.1 Å². The van der Waals surface area contributed by atoms with Crippen molar-refractivity contribution in [3.8, 4) is 11.8 Å². The summed E-state index contributed by atoms with van der Waals surface area (Å²) < 4.78 is 26.5. The Kier molecular flexibility index (Phi) is 5.16. The minimum absolute atomic E-state index is 0.156. The van der Waals surface area contributed by atoms with Gasteiger partial charge < -0.3 is 19.1 Å². The highest BCUT2D eigenvalue weighted by atomic mass is 19.1. The second-order valence-corrected chi connectivity index (χ2v) is 5.83. The number of hydrogen-bond donors (Lipinski definition) is 1. The lowest BCUT2D eigenvalue weighted by molar-refractivity contribution is 0.0250. The quantitative estimate of drug-likeness (QED) is 0.805. The van der Waals surface area contributed by atoms with Crippen molar-refractivity contribution in [2.24, 2.45) is 0 Å². The van der Waals surface area contributed by atoms with Crippen molar-refractivity contribution in [1.29, 1.82) is 5.26 Å². The number of aromatic nitrogens is 1. The van der Waals surface area contributed by atoms with Gasteiger partial charge in [0.25, 0.3) is 0 Å². The van der Waals surface area contributed by atoms with Crippen LogP contribution in [0.2, 0.25) is 0 Å². The first-order chi connectivity index (χ1) is 12.5. The third-order valence-electron chi connectivity index (χ3n) is 4.24. The number of carboxylic acid groups (broad SMARTS) is 1. The van der Waals surface area contributed by atoms with Gasteiger partial charge in [-0.3, -0.25) is 0 Å². The Bertz CT molecular complexity index is 893. The molecular formula is C19H17FN2O4. The number of rotatable bonds is 6. The summed E-state index contributed by atoms with van der Waals surface area (Å²) >= 11 is 0. The summed E-state index contributed by atoms with van der Waals surface area (Å²) in [4.78, 5) is 11.0. The van der Waals surface area contributed by atoms with Gasteiger partial charge in [-0.25, -0.2) is 9.18 Å². The minimum atomic E-state index is -1.02. The molecule has 0 amide bonds. The number of halogens is 1. The van der Waals surface area contributed by atoms with Crippen molar-refractivity contribution < 1.29 is 23.8 Å². The zero-order chi connectivity index (χ0) is 18.7. The molecule has 0 radical (unpaired) electrons. The molecule has 26 heavy (non-hydrogen) atoms. The number of benzene rings is 1. The molecule has 6 nitrogen and oxygen atoms in total. The third kappa shape index (κ3) is 3.38. The Morgan fingerprint density at radius 3 is 2.73 bits per heavy atom. The maximum Gasteiger partial charge on any atom is 0.335 e. The number of aromatic carboxylic acids is 1. The maximum absolute atomic E-state index is 14.5. The first-order valence-corrected chi connectivity index (χ1v) is 8.00. The first kappa shape index (κ1) is 17.9. The smallest absolute Gasteiger partial charge is 0.335 e. The van der Waals surface area contributed by atoms with E-state index in [9.17, 15) is 14.4 Å². The van der Waals surface area contributed by atoms with Crippen LogP contribution < -0.4 is 0 Å². The van der Waals surface area contributed by atoms with Crippen LogP contribution >= 0.6 is 0 Å². The average Bonchev–Trinajstić information content (AvgIpc) is 2.99. The molecule has 0 aliphatic heterocycles. The molecule has 1 heterocycles. The fraction of sp³-hybridized carbons (Fsp3) is 0.263. The molecule has 2 aromatic rings. The Morgan fingerprint density at radius 1 is 1.38 bits per heavy atom. The van der Waals surface area contributed by atoms with Crippen LogP contribution in [0.3, 0.4) is 0 Å². The van der Waals surface area contributed by atoms with Gasteiger partial charge in [-0.15, -0.1) is 0 Å². The molecule has 0 spiro atoms. The van der Waals surface area contributed by atoms with Gasteiger partial charge in [-0.2, -0.15) is 5.26 Å². The number of fused-ring (bicyclic) bond motifs is 1.